The Bertz CT molecular complexity index is 1040. The van der Waals surface area contributed by atoms with Crippen LogP contribution in [0.5, 0.6) is 5.75 Å². The minimum Gasteiger partial charge on any atom is -0.506 e. The number of phenolic OH excluding ortho intramolecular Hbond substituents is 1. The van der Waals surface area contributed by atoms with Crippen molar-refractivity contribution in [2.75, 3.05) is 0 Å². The van der Waals surface area contributed by atoms with Gasteiger partial charge in [0.05, 0.1) is 0 Å². The van der Waals surface area contributed by atoms with Gasteiger partial charge in [-0.3, -0.25) is 0 Å². The number of rotatable bonds is 7. The first-order valence-electron chi connectivity index (χ1n) is 10.4. The first-order chi connectivity index (χ1) is 14.7. The lowest BCUT2D eigenvalue weighted by Crippen LogP contribution is -2.08. The molecule has 4 aromatic carbocycles. The normalized spacial score (nSPS) is 11.0. The second kappa shape index (κ2) is 9.69. The summed E-state index contributed by atoms with van der Waals surface area (Å²) < 4.78 is 0. The van der Waals surface area contributed by atoms with E-state index in [2.05, 4.69) is 91.5 Å². The lowest BCUT2D eigenvalue weighted by atomic mass is 9.81. The fourth-order valence-electron chi connectivity index (χ4n) is 4.13. The molecule has 0 radical (unpaired) electrons. The van der Waals surface area contributed by atoms with Gasteiger partial charge in [0, 0.05) is 10.8 Å². The summed E-state index contributed by atoms with van der Waals surface area (Å²) in [6.07, 6.45) is 2.76. The second-order valence-electron chi connectivity index (χ2n) is 7.59. The Kier molecular flexibility index (Phi) is 6.56. The third kappa shape index (κ3) is 4.60. The smallest absolute Gasteiger partial charge is 0.132 e. The van der Waals surface area contributed by atoms with Crippen molar-refractivity contribution in [2.24, 2.45) is 0 Å². The fourth-order valence-corrected chi connectivity index (χ4v) is 4.34. The van der Waals surface area contributed by atoms with Gasteiger partial charge < -0.3 is 5.11 Å². The molecule has 1 N–H and O–H groups in total. The Morgan fingerprint density at radius 2 is 1.17 bits per heavy atom. The minimum atomic E-state index is 0.0685. The Labute approximate surface area is 184 Å². The van der Waals surface area contributed by atoms with Crippen LogP contribution >= 0.6 is 12.6 Å². The predicted octanol–water partition coefficient (Wildman–Crippen LogP) is 7.04. The van der Waals surface area contributed by atoms with Crippen LogP contribution in [0.15, 0.2) is 108 Å². The molecular weight excluding hydrogens is 384 g/mol. The van der Waals surface area contributed by atoms with Crippen molar-refractivity contribution in [3.05, 3.63) is 131 Å². The number of benzene rings is 4. The molecule has 4 aromatic rings. The zero-order chi connectivity index (χ0) is 20.8. The number of hydrogen-bond donors (Lipinski definition) is 2. The minimum absolute atomic E-state index is 0.0685. The van der Waals surface area contributed by atoms with Gasteiger partial charge in [-0.1, -0.05) is 97.1 Å². The van der Waals surface area contributed by atoms with Gasteiger partial charge in [0.2, 0.25) is 0 Å². The first kappa shape index (κ1) is 20.3. The van der Waals surface area contributed by atoms with E-state index in [1.165, 1.54) is 16.7 Å². The SMILES string of the molecule is Oc1c(S)ccc(C(c2ccccc2)c2ccccc2)c1CCCc1ccccc1. The Morgan fingerprint density at radius 1 is 0.633 bits per heavy atom. The third-order valence-electron chi connectivity index (χ3n) is 5.61. The molecule has 0 bridgehead atoms. The highest BCUT2D eigenvalue weighted by atomic mass is 32.1. The summed E-state index contributed by atoms with van der Waals surface area (Å²) in [6.45, 7) is 0. The summed E-state index contributed by atoms with van der Waals surface area (Å²) in [6, 6.07) is 35.6. The zero-order valence-corrected chi connectivity index (χ0v) is 17.8. The summed E-state index contributed by atoms with van der Waals surface area (Å²) in [4.78, 5) is 0.633. The molecule has 4 rings (SSSR count). The van der Waals surface area contributed by atoms with E-state index in [1.807, 2.05) is 24.3 Å². The number of phenols is 1. The number of aromatic hydroxyl groups is 1. The molecule has 0 aliphatic rings. The van der Waals surface area contributed by atoms with E-state index >= 15 is 0 Å². The molecule has 0 fully saturated rings. The van der Waals surface area contributed by atoms with Crippen molar-refractivity contribution >= 4 is 12.6 Å². The zero-order valence-electron chi connectivity index (χ0n) is 16.9. The van der Waals surface area contributed by atoms with Crippen LogP contribution in [0.3, 0.4) is 0 Å². The van der Waals surface area contributed by atoms with Gasteiger partial charge in [-0.2, -0.15) is 0 Å². The highest BCUT2D eigenvalue weighted by Gasteiger charge is 2.22. The highest BCUT2D eigenvalue weighted by Crippen LogP contribution is 2.39. The van der Waals surface area contributed by atoms with Crippen LogP contribution in [0.4, 0.5) is 0 Å². The molecule has 0 aromatic heterocycles. The molecule has 150 valence electrons. The van der Waals surface area contributed by atoms with E-state index in [0.717, 1.165) is 30.4 Å². The number of thiol groups is 1. The van der Waals surface area contributed by atoms with E-state index in [-0.39, 0.29) is 5.92 Å². The summed E-state index contributed by atoms with van der Waals surface area (Å²) >= 11 is 4.50. The molecule has 0 saturated heterocycles. The van der Waals surface area contributed by atoms with Crippen LogP contribution in [0.2, 0.25) is 0 Å². The molecule has 30 heavy (non-hydrogen) atoms. The molecule has 1 nitrogen and oxygen atoms in total. The van der Waals surface area contributed by atoms with Crippen LogP contribution in [0.25, 0.3) is 0 Å². The van der Waals surface area contributed by atoms with Crippen LogP contribution in [-0.4, -0.2) is 5.11 Å². The van der Waals surface area contributed by atoms with Crippen LogP contribution < -0.4 is 0 Å². The van der Waals surface area contributed by atoms with Crippen molar-refractivity contribution in [2.45, 2.75) is 30.1 Å². The molecule has 0 aliphatic carbocycles. The summed E-state index contributed by atoms with van der Waals surface area (Å²) in [7, 11) is 0. The monoisotopic (exact) mass is 410 g/mol. The van der Waals surface area contributed by atoms with Crippen molar-refractivity contribution in [3.8, 4) is 5.75 Å². The average molecular weight is 411 g/mol. The van der Waals surface area contributed by atoms with Crippen molar-refractivity contribution in [1.29, 1.82) is 0 Å². The van der Waals surface area contributed by atoms with E-state index in [1.54, 1.807) is 0 Å². The van der Waals surface area contributed by atoms with Gasteiger partial charge in [-0.25, -0.2) is 0 Å². The average Bonchev–Trinajstić information content (AvgIpc) is 2.80. The Morgan fingerprint density at radius 3 is 1.73 bits per heavy atom. The molecule has 2 heteroatoms. The molecular formula is C28H26OS. The molecule has 0 saturated carbocycles. The van der Waals surface area contributed by atoms with Gasteiger partial charge in [0.25, 0.3) is 0 Å². The molecule has 0 amide bonds. The van der Waals surface area contributed by atoms with Crippen LogP contribution in [0.1, 0.15) is 40.2 Å². The topological polar surface area (TPSA) is 20.2 Å². The van der Waals surface area contributed by atoms with Crippen molar-refractivity contribution in [3.63, 3.8) is 0 Å². The van der Waals surface area contributed by atoms with Crippen LogP contribution in [-0.2, 0) is 12.8 Å². The molecule has 0 spiro atoms. The summed E-state index contributed by atoms with van der Waals surface area (Å²) in [5, 5.41) is 10.9. The van der Waals surface area contributed by atoms with Gasteiger partial charge >= 0.3 is 0 Å². The van der Waals surface area contributed by atoms with Gasteiger partial charge in [-0.15, -0.1) is 12.6 Å². The van der Waals surface area contributed by atoms with Crippen molar-refractivity contribution in [1.82, 2.24) is 0 Å². The largest absolute Gasteiger partial charge is 0.506 e. The maximum Gasteiger partial charge on any atom is 0.132 e. The molecule has 0 unspecified atom stereocenters. The molecule has 0 heterocycles. The second-order valence-corrected chi connectivity index (χ2v) is 8.08. The number of hydrogen-bond acceptors (Lipinski definition) is 2. The summed E-state index contributed by atoms with van der Waals surface area (Å²) in [5.41, 5.74) is 5.91. The van der Waals surface area contributed by atoms with E-state index in [9.17, 15) is 5.11 Å². The lowest BCUT2D eigenvalue weighted by Gasteiger charge is -2.23. The third-order valence-corrected chi connectivity index (χ3v) is 5.97. The number of aryl methyl sites for hydroxylation is 1. The van der Waals surface area contributed by atoms with Crippen LogP contribution in [0, 0.1) is 0 Å². The molecule has 0 atom stereocenters. The standard InChI is InChI=1S/C28H26OS/c29-28-25(18-10-13-21-11-4-1-5-12-21)24(19-20-26(28)30)27(22-14-6-2-7-15-22)23-16-8-3-9-17-23/h1-9,11-12,14-17,19-20,27,29-30H,10,13,18H2. The Hall–Kier alpha value is -2.97. The fraction of sp³-hybridized carbons (Fsp3) is 0.143. The van der Waals surface area contributed by atoms with Gasteiger partial charge in [0.1, 0.15) is 5.75 Å². The predicted molar refractivity (Wildman–Crippen MR) is 128 cm³/mol. The molecule has 0 aliphatic heterocycles. The van der Waals surface area contributed by atoms with E-state index < -0.39 is 0 Å². The highest BCUT2D eigenvalue weighted by molar-refractivity contribution is 7.80. The van der Waals surface area contributed by atoms with E-state index in [4.69, 9.17) is 0 Å². The Balaban J connectivity index is 1.73. The quantitative estimate of drug-likeness (QED) is 0.247. The lowest BCUT2D eigenvalue weighted by molar-refractivity contribution is 0.453. The maximum atomic E-state index is 10.9. The van der Waals surface area contributed by atoms with Gasteiger partial charge in [0.15, 0.2) is 0 Å². The van der Waals surface area contributed by atoms with Crippen molar-refractivity contribution < 1.29 is 5.11 Å². The maximum absolute atomic E-state index is 10.9. The van der Waals surface area contributed by atoms with Gasteiger partial charge in [-0.05, 0) is 53.1 Å². The van der Waals surface area contributed by atoms with E-state index in [0.29, 0.717) is 10.6 Å². The first-order valence-corrected chi connectivity index (χ1v) is 10.9. The summed E-state index contributed by atoms with van der Waals surface area (Å²) in [5.74, 6) is 0.375.